The molecule has 4 saturated heterocycles. The van der Waals surface area contributed by atoms with Crippen molar-refractivity contribution in [2.75, 3.05) is 0 Å². The lowest BCUT2D eigenvalue weighted by molar-refractivity contribution is -0.375. The van der Waals surface area contributed by atoms with Crippen molar-refractivity contribution in [1.82, 2.24) is 0 Å². The molecule has 0 radical (unpaired) electrons. The Hall–Kier alpha value is -3.25. The van der Waals surface area contributed by atoms with Gasteiger partial charge < -0.3 is 78.7 Å². The molecule has 29 atom stereocenters. The lowest BCUT2D eigenvalue weighted by atomic mass is 9.44. The van der Waals surface area contributed by atoms with E-state index in [9.17, 15) is 125 Å². The zero-order chi connectivity index (χ0) is 71.7. The van der Waals surface area contributed by atoms with E-state index in [1.54, 1.807) is 0 Å². The Morgan fingerprint density at radius 2 is 0.760 bits per heavy atom. The molecule has 4 heterocycles. The number of ether oxygens (including phenoxy) is 8. The van der Waals surface area contributed by atoms with Crippen molar-refractivity contribution in [3.05, 3.63) is 0 Å². The maximum absolute atomic E-state index is 13.1. The van der Waals surface area contributed by atoms with Crippen molar-refractivity contribution in [3.8, 4) is 0 Å². The van der Waals surface area contributed by atoms with Crippen LogP contribution in [0.15, 0.2) is 0 Å². The largest absolute Gasteiger partial charge is 0.479 e. The Kier molecular flexibility index (Phi) is 24.2. The first kappa shape index (κ1) is 78.5. The number of aliphatic hydroxyl groups is 4. The summed E-state index contributed by atoms with van der Waals surface area (Å²) < 4.78 is 235. The molecule has 45 heteroatoms. The van der Waals surface area contributed by atoms with Crippen LogP contribution < -0.4 is 0 Å². The van der Waals surface area contributed by atoms with E-state index >= 15 is 0 Å². The highest BCUT2D eigenvalue weighted by Crippen LogP contribution is 2.68. The molecule has 8 aliphatic rings. The molecule has 0 spiro atoms. The minimum atomic E-state index is -6.11. The molecular weight excluding hydrogens is 1410 g/mol. The summed E-state index contributed by atoms with van der Waals surface area (Å²) in [4.78, 5) is 51.2. The van der Waals surface area contributed by atoms with Crippen LogP contribution in [0.1, 0.15) is 112 Å². The second-order valence-corrected chi connectivity index (χ2v) is 31.7. The molecule has 554 valence electrons. The Balaban J connectivity index is 1.02. The highest BCUT2D eigenvalue weighted by Gasteiger charge is 2.64. The summed E-state index contributed by atoms with van der Waals surface area (Å²) >= 11 is 0. The van der Waals surface area contributed by atoms with E-state index in [1.807, 2.05) is 0 Å². The van der Waals surface area contributed by atoms with Crippen molar-refractivity contribution >= 4 is 75.9 Å². The van der Waals surface area contributed by atoms with E-state index in [2.05, 4.69) is 51.4 Å². The fraction of sp³-hybridized carbons (Fsp3) is 0.922. The van der Waals surface area contributed by atoms with Gasteiger partial charge in [0.1, 0.15) is 48.8 Å². The number of aliphatic hydroxyl groups excluding tert-OH is 4. The summed E-state index contributed by atoms with van der Waals surface area (Å²) in [5, 5.41) is 87.4. The molecule has 13 N–H and O–H groups in total. The second kappa shape index (κ2) is 29.6. The van der Waals surface area contributed by atoms with E-state index in [0.717, 1.165) is 32.1 Å². The van der Waals surface area contributed by atoms with Gasteiger partial charge in [-0.3, -0.25) is 22.8 Å². The van der Waals surface area contributed by atoms with Gasteiger partial charge in [-0.2, -0.15) is 42.1 Å². The SMILES string of the molecule is CC(C)CCC[C@@H](C)[C@H]1CC[C@H]2[C@@H]3CC[C@H]4C[C@@H](O[C@@H]5O[C@@H](C(=O)O)[C@@H](O[C@@H]6O[C@@H](C(=O)O)[C@@H](O[C@@H]7O[C@@H](C(=O)O)[C@@H](O[C@@H]8O[C@@H](C(=O)O)[C@@H](OS(=O)(=O)O)[C@H](O)[C@H]8OS(=O)(=O)O)[C@H](O)[C@H]7OS(=O)(=O)O)[C@H](O)[C@H]6OS(=O)(=O)O)[C@H](O)[C@H]5OS(=O)(=O)O)CC[C@]4(C)[C@H]3CC[C@]12C. The Morgan fingerprint density at radius 3 is 1.12 bits per heavy atom. The number of fused-ring (bicyclic) bond motifs is 5. The standard InChI is InChI=1S/C51H80O40S5/c1-18(2)7-6-8-19(3)23-11-12-24-22-10-9-20-17-21(13-15-50(20,4)25(22)14-16-51(23,24)5)79-46-34(88-93(67,68)69)26(52)30(38(83-46)42(56)57)80-47-35(89-94(70,71)72)27(53)31(39(84-47)43(58)59)81-48-36(90-95(73,74)75)28(54)32(40(85-48)44(60)61)82-49-37(91-96(76,77)78)29(55)33(87-92(64,65)66)41(86-49)45(62)63/h18-41,46-49,52-55H,6-17H2,1-5H3,(H,56,57)(H,58,59)(H,60,61)(H,62,63)(H,64,65,66)(H,67,68,69)(H,70,71,72)(H,73,74,75)(H,76,77,78)/t19-,20+,21+,22+,23-,24+,25+,26+,27+,28+,29+,30+,31+,32+,33+,34-,35-,36-,37-,38-,39-,40-,41-,46-,47-,48-,49-,50+,51-/m1/s1. The molecule has 0 aromatic rings. The molecule has 4 aliphatic carbocycles. The molecule has 8 fully saturated rings. The van der Waals surface area contributed by atoms with E-state index in [1.165, 1.54) is 25.7 Å². The lowest BCUT2D eigenvalue weighted by Crippen LogP contribution is -2.69. The van der Waals surface area contributed by atoms with Crippen molar-refractivity contribution in [2.45, 2.75) is 241 Å². The fourth-order valence-electron chi connectivity index (χ4n) is 16.2. The fourth-order valence-corrected chi connectivity index (χ4v) is 18.7. The maximum Gasteiger partial charge on any atom is 0.397 e. The van der Waals surface area contributed by atoms with Crippen LogP contribution in [0.2, 0.25) is 0 Å². The van der Waals surface area contributed by atoms with E-state index < -0.39 is 205 Å². The predicted molar refractivity (Wildman–Crippen MR) is 304 cm³/mol. The normalized spacial score (nSPS) is 42.9. The highest BCUT2D eigenvalue weighted by atomic mass is 32.3. The van der Waals surface area contributed by atoms with Gasteiger partial charge in [0.05, 0.1) is 6.10 Å². The molecule has 4 saturated carbocycles. The first-order valence-corrected chi connectivity index (χ1v) is 37.1. The summed E-state index contributed by atoms with van der Waals surface area (Å²) in [5.74, 6) is -6.08. The van der Waals surface area contributed by atoms with Crippen molar-refractivity contribution in [3.63, 3.8) is 0 Å². The Morgan fingerprint density at radius 1 is 0.427 bits per heavy atom. The monoisotopic (exact) mass is 1490 g/mol. The zero-order valence-electron chi connectivity index (χ0n) is 51.5. The third-order valence-electron chi connectivity index (χ3n) is 20.2. The number of carbonyl (C=O) groups is 4. The van der Waals surface area contributed by atoms with Gasteiger partial charge in [-0.05, 0) is 110 Å². The van der Waals surface area contributed by atoms with Gasteiger partial charge >= 0.3 is 75.9 Å². The van der Waals surface area contributed by atoms with Crippen molar-refractivity contribution < 1.29 is 184 Å². The van der Waals surface area contributed by atoms with Crippen molar-refractivity contribution in [1.29, 1.82) is 0 Å². The van der Waals surface area contributed by atoms with Gasteiger partial charge in [0.15, 0.2) is 74.0 Å². The van der Waals surface area contributed by atoms with Crippen LogP contribution in [0, 0.1) is 52.3 Å². The van der Waals surface area contributed by atoms with Crippen LogP contribution in [-0.4, -0.2) is 259 Å². The Bertz CT molecular complexity index is 3390. The highest BCUT2D eigenvalue weighted by molar-refractivity contribution is 7.81. The quantitative estimate of drug-likeness (QED) is 0.0321. The van der Waals surface area contributed by atoms with Crippen LogP contribution >= 0.6 is 0 Å². The van der Waals surface area contributed by atoms with Gasteiger partial charge in [0.25, 0.3) is 0 Å². The number of hydrogen-bond acceptors (Lipinski definition) is 31. The second-order valence-electron chi connectivity index (χ2n) is 26.5. The summed E-state index contributed by atoms with van der Waals surface area (Å²) in [6, 6.07) is 0. The Labute approximate surface area is 550 Å². The first-order chi connectivity index (χ1) is 44.1. The third kappa shape index (κ3) is 18.0. The van der Waals surface area contributed by atoms with Gasteiger partial charge in [0, 0.05) is 0 Å². The molecule has 0 aromatic carbocycles. The van der Waals surface area contributed by atoms with E-state index in [4.69, 9.17) is 42.1 Å². The van der Waals surface area contributed by atoms with Gasteiger partial charge in [-0.15, -0.1) is 0 Å². The average Bonchev–Trinajstić information content (AvgIpc) is 1.39. The number of carboxylic acids is 4. The molecule has 0 amide bonds. The van der Waals surface area contributed by atoms with Crippen LogP contribution in [0.25, 0.3) is 0 Å². The molecular formula is C51H80O40S5. The lowest BCUT2D eigenvalue weighted by Gasteiger charge is -2.61. The number of carboxylic acid groups (broad SMARTS) is 4. The number of hydrogen-bond donors (Lipinski definition) is 13. The molecule has 0 bridgehead atoms. The van der Waals surface area contributed by atoms with Gasteiger partial charge in [0.2, 0.25) is 0 Å². The van der Waals surface area contributed by atoms with Gasteiger partial charge in [-0.1, -0.05) is 53.9 Å². The molecule has 8 rings (SSSR count). The summed E-state index contributed by atoms with van der Waals surface area (Å²) in [5.41, 5.74) is 0.0104. The molecule has 4 aliphatic heterocycles. The molecule has 40 nitrogen and oxygen atoms in total. The van der Waals surface area contributed by atoms with Crippen LogP contribution in [-0.2, 0) is 130 Å². The summed E-state index contributed by atoms with van der Waals surface area (Å²) in [7, 11) is -29.7. The third-order valence-corrected chi connectivity index (χ3v) is 22.6. The minimum Gasteiger partial charge on any atom is -0.479 e. The topological polar surface area (TPSA) is 622 Å². The predicted octanol–water partition coefficient (Wildman–Crippen LogP) is -1.73. The molecule has 0 aromatic heterocycles. The van der Waals surface area contributed by atoms with Gasteiger partial charge in [-0.25, -0.2) is 40.1 Å². The number of aliphatic carboxylic acids is 4. The summed E-state index contributed by atoms with van der Waals surface area (Å²) in [6.45, 7) is 11.6. The van der Waals surface area contributed by atoms with Crippen LogP contribution in [0.3, 0.4) is 0 Å². The van der Waals surface area contributed by atoms with Crippen molar-refractivity contribution in [2.24, 2.45) is 52.3 Å². The molecule has 0 unspecified atom stereocenters. The number of rotatable bonds is 27. The van der Waals surface area contributed by atoms with E-state index in [0.29, 0.717) is 54.8 Å². The molecule has 96 heavy (non-hydrogen) atoms. The average molecular weight is 1490 g/mol. The van der Waals surface area contributed by atoms with Crippen LogP contribution in [0.4, 0.5) is 0 Å². The minimum absolute atomic E-state index is 0.0233. The summed E-state index contributed by atoms with van der Waals surface area (Å²) in [6.07, 6.45) is -49.0. The zero-order valence-corrected chi connectivity index (χ0v) is 55.6. The van der Waals surface area contributed by atoms with Crippen LogP contribution in [0.5, 0.6) is 0 Å². The van der Waals surface area contributed by atoms with E-state index in [-0.39, 0.29) is 16.7 Å². The first-order valence-electron chi connectivity index (χ1n) is 30.3. The smallest absolute Gasteiger partial charge is 0.397 e. The maximum atomic E-state index is 13.1.